The van der Waals surface area contributed by atoms with Crippen molar-refractivity contribution in [3.63, 3.8) is 0 Å². The Bertz CT molecular complexity index is 1090. The Hall–Kier alpha value is -4.38. The van der Waals surface area contributed by atoms with Gasteiger partial charge in [0.1, 0.15) is 24.7 Å². The van der Waals surface area contributed by atoms with Crippen molar-refractivity contribution in [1.29, 1.82) is 0 Å². The fourth-order valence-electron chi connectivity index (χ4n) is 3.06. The number of rotatable bonds is 8. The van der Waals surface area contributed by atoms with Crippen molar-refractivity contribution in [2.75, 3.05) is 0 Å². The van der Waals surface area contributed by atoms with E-state index in [9.17, 15) is 9.59 Å². The van der Waals surface area contributed by atoms with Gasteiger partial charge in [0.2, 0.25) is 0 Å². The highest BCUT2D eigenvalue weighted by atomic mass is 16.6. The summed E-state index contributed by atoms with van der Waals surface area (Å²) in [5.74, 6) is -0.210. The lowest BCUT2D eigenvalue weighted by Crippen LogP contribution is -2.12. The Labute approximate surface area is 192 Å². The number of ether oxygens (including phenoxy) is 3. The zero-order valence-corrected chi connectivity index (χ0v) is 17.8. The summed E-state index contributed by atoms with van der Waals surface area (Å²) in [7, 11) is 0. The molecule has 0 bridgehead atoms. The van der Waals surface area contributed by atoms with E-state index in [1.165, 1.54) is 0 Å². The number of hydrogen-bond acceptors (Lipinski definition) is 5. The summed E-state index contributed by atoms with van der Waals surface area (Å²) in [5.41, 5.74) is 2.61. The topological polar surface area (TPSA) is 61.8 Å². The zero-order chi connectivity index (χ0) is 22.9. The van der Waals surface area contributed by atoms with Crippen molar-refractivity contribution < 1.29 is 23.8 Å². The van der Waals surface area contributed by atoms with Crippen molar-refractivity contribution >= 4 is 11.9 Å². The van der Waals surface area contributed by atoms with Crippen molar-refractivity contribution in [2.45, 2.75) is 13.2 Å². The highest BCUT2D eigenvalue weighted by molar-refractivity contribution is 6.02. The summed E-state index contributed by atoms with van der Waals surface area (Å²) in [6.45, 7) is 0.850. The van der Waals surface area contributed by atoms with E-state index in [4.69, 9.17) is 14.2 Å². The molecule has 0 spiro atoms. The van der Waals surface area contributed by atoms with Crippen molar-refractivity contribution in [2.24, 2.45) is 0 Å². The number of carbonyl (C=O) groups excluding carboxylic acids is 2. The van der Waals surface area contributed by atoms with Crippen molar-refractivity contribution in [3.8, 4) is 11.5 Å². The molecule has 0 saturated carbocycles. The molecule has 5 heteroatoms. The third-order valence-electron chi connectivity index (χ3n) is 4.86. The molecule has 0 aromatic heterocycles. The molecule has 0 fully saturated rings. The standard InChI is InChI=1S/C28H22O5/c29-27(23-11-15-25(16-12-23)31-19-21-7-3-1-4-8-21)33-28(30)24-13-17-26(18-14-24)32-20-22-9-5-2-6-10-22/h1-18H,19-20H2. The molecule has 0 amide bonds. The zero-order valence-electron chi connectivity index (χ0n) is 17.8. The fourth-order valence-corrected chi connectivity index (χ4v) is 3.06. The van der Waals surface area contributed by atoms with Crippen LogP contribution in [0.15, 0.2) is 109 Å². The van der Waals surface area contributed by atoms with Crippen molar-refractivity contribution in [1.82, 2.24) is 0 Å². The maximum absolute atomic E-state index is 12.3. The van der Waals surface area contributed by atoms with E-state index < -0.39 is 11.9 Å². The SMILES string of the molecule is O=C(OC(=O)c1ccc(OCc2ccccc2)cc1)c1ccc(OCc2ccccc2)cc1. The molecule has 0 radical (unpaired) electrons. The van der Waals surface area contributed by atoms with Gasteiger partial charge in [0.25, 0.3) is 0 Å². The first kappa shape index (κ1) is 21.8. The van der Waals surface area contributed by atoms with Gasteiger partial charge in [0.15, 0.2) is 0 Å². The Kier molecular flexibility index (Phi) is 7.13. The van der Waals surface area contributed by atoms with Gasteiger partial charge < -0.3 is 14.2 Å². The van der Waals surface area contributed by atoms with Gasteiger partial charge in [-0.1, -0.05) is 60.7 Å². The summed E-state index contributed by atoms with van der Waals surface area (Å²) in [4.78, 5) is 24.7. The summed E-state index contributed by atoms with van der Waals surface area (Å²) >= 11 is 0. The third-order valence-corrected chi connectivity index (χ3v) is 4.86. The van der Waals surface area contributed by atoms with Gasteiger partial charge in [-0.3, -0.25) is 0 Å². The van der Waals surface area contributed by atoms with Crippen LogP contribution in [-0.4, -0.2) is 11.9 Å². The van der Waals surface area contributed by atoms with Crippen LogP contribution in [0.3, 0.4) is 0 Å². The summed E-state index contributed by atoms with van der Waals surface area (Å²) < 4.78 is 16.4. The Morgan fingerprint density at radius 3 is 1.21 bits per heavy atom. The highest BCUT2D eigenvalue weighted by Gasteiger charge is 2.15. The Balaban J connectivity index is 1.28. The molecule has 4 aromatic rings. The number of hydrogen-bond donors (Lipinski definition) is 0. The van der Waals surface area contributed by atoms with Crippen LogP contribution in [0, 0.1) is 0 Å². The first-order valence-electron chi connectivity index (χ1n) is 10.5. The maximum Gasteiger partial charge on any atom is 0.346 e. The second-order valence-corrected chi connectivity index (χ2v) is 7.27. The minimum Gasteiger partial charge on any atom is -0.489 e. The van der Waals surface area contributed by atoms with Gasteiger partial charge >= 0.3 is 11.9 Å². The molecule has 0 unspecified atom stereocenters. The second-order valence-electron chi connectivity index (χ2n) is 7.27. The molecular formula is C28H22O5. The van der Waals surface area contributed by atoms with Gasteiger partial charge in [-0.25, -0.2) is 9.59 Å². The molecule has 0 atom stereocenters. The smallest absolute Gasteiger partial charge is 0.346 e. The predicted molar refractivity (Wildman–Crippen MR) is 124 cm³/mol. The minimum absolute atomic E-state index is 0.262. The molecule has 0 saturated heterocycles. The van der Waals surface area contributed by atoms with E-state index in [1.807, 2.05) is 60.7 Å². The van der Waals surface area contributed by atoms with E-state index in [0.29, 0.717) is 24.7 Å². The summed E-state index contributed by atoms with van der Waals surface area (Å²) in [6.07, 6.45) is 0. The van der Waals surface area contributed by atoms with Gasteiger partial charge in [-0.2, -0.15) is 0 Å². The average Bonchev–Trinajstić information content (AvgIpc) is 2.88. The molecule has 33 heavy (non-hydrogen) atoms. The normalized spacial score (nSPS) is 10.3. The van der Waals surface area contributed by atoms with Crippen molar-refractivity contribution in [3.05, 3.63) is 131 Å². The Morgan fingerprint density at radius 1 is 0.485 bits per heavy atom. The van der Waals surface area contributed by atoms with E-state index in [2.05, 4.69) is 0 Å². The van der Waals surface area contributed by atoms with Crippen LogP contribution in [0.25, 0.3) is 0 Å². The second kappa shape index (κ2) is 10.8. The first-order valence-corrected chi connectivity index (χ1v) is 10.5. The number of carbonyl (C=O) groups is 2. The van der Waals surface area contributed by atoms with Gasteiger partial charge in [0, 0.05) is 0 Å². The van der Waals surface area contributed by atoms with Gasteiger partial charge in [-0.15, -0.1) is 0 Å². The molecule has 0 aliphatic carbocycles. The van der Waals surface area contributed by atoms with Crippen LogP contribution in [0.2, 0.25) is 0 Å². The lowest BCUT2D eigenvalue weighted by atomic mass is 10.2. The van der Waals surface area contributed by atoms with E-state index in [-0.39, 0.29) is 11.1 Å². The molecule has 0 aliphatic rings. The van der Waals surface area contributed by atoms with Crippen LogP contribution >= 0.6 is 0 Å². The molecule has 5 nitrogen and oxygen atoms in total. The third kappa shape index (κ3) is 6.31. The maximum atomic E-state index is 12.3. The van der Waals surface area contributed by atoms with E-state index in [1.54, 1.807) is 48.5 Å². The number of esters is 2. The molecule has 4 aromatic carbocycles. The van der Waals surface area contributed by atoms with Crippen LogP contribution in [0.5, 0.6) is 11.5 Å². The van der Waals surface area contributed by atoms with Gasteiger partial charge in [-0.05, 0) is 59.7 Å². The quantitative estimate of drug-likeness (QED) is 0.255. The molecule has 164 valence electrons. The van der Waals surface area contributed by atoms with E-state index >= 15 is 0 Å². The summed E-state index contributed by atoms with van der Waals surface area (Å²) in [6, 6.07) is 32.5. The highest BCUT2D eigenvalue weighted by Crippen LogP contribution is 2.17. The number of benzene rings is 4. The first-order chi connectivity index (χ1) is 16.2. The van der Waals surface area contributed by atoms with Crippen LogP contribution in [0.4, 0.5) is 0 Å². The molecule has 4 rings (SSSR count). The van der Waals surface area contributed by atoms with Crippen LogP contribution in [-0.2, 0) is 18.0 Å². The predicted octanol–water partition coefficient (Wildman–Crippen LogP) is 5.84. The minimum atomic E-state index is -0.723. The molecule has 0 N–H and O–H groups in total. The van der Waals surface area contributed by atoms with Crippen LogP contribution < -0.4 is 9.47 Å². The van der Waals surface area contributed by atoms with Crippen LogP contribution in [0.1, 0.15) is 31.8 Å². The lowest BCUT2D eigenvalue weighted by Gasteiger charge is -2.08. The monoisotopic (exact) mass is 438 g/mol. The largest absolute Gasteiger partial charge is 0.489 e. The molecule has 0 heterocycles. The van der Waals surface area contributed by atoms with E-state index in [0.717, 1.165) is 11.1 Å². The molecular weight excluding hydrogens is 416 g/mol. The fraction of sp³-hybridized carbons (Fsp3) is 0.0714. The Morgan fingerprint density at radius 2 is 0.848 bits per heavy atom. The average molecular weight is 438 g/mol. The van der Waals surface area contributed by atoms with Gasteiger partial charge in [0.05, 0.1) is 11.1 Å². The molecule has 0 aliphatic heterocycles. The summed E-state index contributed by atoms with van der Waals surface area (Å²) in [5, 5.41) is 0. The lowest BCUT2D eigenvalue weighted by molar-refractivity contribution is 0.0398.